The lowest BCUT2D eigenvalue weighted by Crippen LogP contribution is -2.42. The summed E-state index contributed by atoms with van der Waals surface area (Å²) in [5.74, 6) is -2.85. The highest BCUT2D eigenvalue weighted by atomic mass is 32.2. The fourth-order valence-corrected chi connectivity index (χ4v) is 9.44. The van der Waals surface area contributed by atoms with Gasteiger partial charge in [0.1, 0.15) is 5.82 Å². The number of aliphatic carboxylic acids is 1. The summed E-state index contributed by atoms with van der Waals surface area (Å²) in [7, 11) is -2.06. The minimum atomic E-state index is -4.02. The van der Waals surface area contributed by atoms with Crippen LogP contribution in [0, 0.1) is 5.92 Å². The molecule has 14 nitrogen and oxygen atoms in total. The van der Waals surface area contributed by atoms with Crippen LogP contribution in [-0.2, 0) is 27.9 Å². The first-order valence-corrected chi connectivity index (χ1v) is 21.1. The Hall–Kier alpha value is -5.64. The van der Waals surface area contributed by atoms with E-state index in [1.165, 1.54) is 28.6 Å². The molecule has 0 atom stereocenters. The molecule has 6 rings (SSSR count). The van der Waals surface area contributed by atoms with E-state index in [1.54, 1.807) is 55.5 Å². The molecule has 0 unspecified atom stereocenters. The standard InChI is InChI=1S/C43H50N6O8S/c1-3-49(35-20-16-32(17-21-35)43(54)55)58(56,57)36-9-7-8-33(26-36)40(50)45-37-22-23-38(48-24-5-4-6-25-48)46-39(37)41(51)44-34-18-12-30(13-19-34)28-47(2)27-29-10-14-31(15-11-29)42(52)53/h7-15,18-19,22-23,26,32,35H,3-6,16-17,20-21,24-25,27-28H2,1-2H3,(H,44,51)(H,45,50)(H,52,53)(H,54,55). The largest absolute Gasteiger partial charge is 0.481 e. The Morgan fingerprint density at radius 2 is 1.41 bits per heavy atom. The van der Waals surface area contributed by atoms with Gasteiger partial charge in [-0.1, -0.05) is 37.3 Å². The highest BCUT2D eigenvalue weighted by molar-refractivity contribution is 7.89. The Kier molecular flexibility index (Phi) is 13.6. The summed E-state index contributed by atoms with van der Waals surface area (Å²) in [5.41, 5.74) is 2.99. The van der Waals surface area contributed by atoms with Crippen molar-refractivity contribution in [3.05, 3.63) is 113 Å². The van der Waals surface area contributed by atoms with Crippen LogP contribution in [-0.4, -0.2) is 89.3 Å². The van der Waals surface area contributed by atoms with Crippen molar-refractivity contribution in [2.45, 2.75) is 75.9 Å². The maximum Gasteiger partial charge on any atom is 0.335 e. The molecule has 58 heavy (non-hydrogen) atoms. The number of carboxylic acids is 2. The molecule has 1 aliphatic heterocycles. The zero-order chi connectivity index (χ0) is 41.4. The molecule has 2 fully saturated rings. The van der Waals surface area contributed by atoms with Crippen LogP contribution in [0.2, 0.25) is 0 Å². The zero-order valence-corrected chi connectivity index (χ0v) is 33.6. The molecule has 1 aromatic heterocycles. The summed E-state index contributed by atoms with van der Waals surface area (Å²) < 4.78 is 29.2. The summed E-state index contributed by atoms with van der Waals surface area (Å²) in [6, 6.07) is 23.0. The van der Waals surface area contributed by atoms with Crippen LogP contribution in [0.1, 0.15) is 94.2 Å². The first-order valence-electron chi connectivity index (χ1n) is 19.7. The molecule has 3 aromatic carbocycles. The molecular weight excluding hydrogens is 761 g/mol. The minimum absolute atomic E-state index is 0.00653. The Balaban J connectivity index is 1.16. The highest BCUT2D eigenvalue weighted by Gasteiger charge is 2.35. The average Bonchev–Trinajstić information content (AvgIpc) is 3.22. The van der Waals surface area contributed by atoms with Gasteiger partial charge in [-0.3, -0.25) is 19.3 Å². The summed E-state index contributed by atoms with van der Waals surface area (Å²) in [4.78, 5) is 59.2. The number of hydrogen-bond acceptors (Lipinski definition) is 9. The van der Waals surface area contributed by atoms with Crippen LogP contribution in [0.4, 0.5) is 17.2 Å². The molecule has 0 bridgehead atoms. The SMILES string of the molecule is CCN(C1CCC(C(=O)O)CC1)S(=O)(=O)c1cccc(C(=O)Nc2ccc(N3CCCCC3)nc2C(=O)Nc2ccc(CN(C)Cc3ccc(C(=O)O)cc3)cc2)c1. The number of rotatable bonds is 15. The maximum atomic E-state index is 13.9. The van der Waals surface area contributed by atoms with E-state index in [4.69, 9.17) is 10.1 Å². The topological polar surface area (TPSA) is 190 Å². The van der Waals surface area contributed by atoms with Crippen molar-refractivity contribution in [1.29, 1.82) is 0 Å². The molecule has 2 heterocycles. The third kappa shape index (κ3) is 10.3. The Morgan fingerprint density at radius 3 is 2.02 bits per heavy atom. The number of aromatic nitrogens is 1. The second-order valence-corrected chi connectivity index (χ2v) is 16.9. The van der Waals surface area contributed by atoms with E-state index in [2.05, 4.69) is 20.4 Å². The molecule has 2 amide bonds. The molecule has 2 aliphatic rings. The normalized spacial score (nSPS) is 17.2. The molecule has 15 heteroatoms. The van der Waals surface area contributed by atoms with Gasteiger partial charge in [0.05, 0.1) is 22.1 Å². The summed E-state index contributed by atoms with van der Waals surface area (Å²) >= 11 is 0. The Bertz CT molecular complexity index is 2220. The molecule has 1 saturated carbocycles. The van der Waals surface area contributed by atoms with Gasteiger partial charge in [-0.15, -0.1) is 0 Å². The number of carboxylic acid groups (broad SMARTS) is 2. The number of nitrogens with zero attached hydrogens (tertiary/aromatic N) is 4. The third-order valence-electron chi connectivity index (χ3n) is 10.8. The monoisotopic (exact) mass is 810 g/mol. The van der Waals surface area contributed by atoms with Crippen LogP contribution in [0.3, 0.4) is 0 Å². The quantitative estimate of drug-likeness (QED) is 0.102. The second-order valence-electron chi connectivity index (χ2n) is 15.0. The fraction of sp³-hybridized carbons (Fsp3) is 0.372. The van der Waals surface area contributed by atoms with Crippen molar-refractivity contribution >= 4 is 51.0 Å². The van der Waals surface area contributed by atoms with Crippen molar-refractivity contribution < 1.29 is 37.8 Å². The number of amides is 2. The fourth-order valence-electron chi connectivity index (χ4n) is 7.70. The van der Waals surface area contributed by atoms with E-state index in [1.807, 2.05) is 19.2 Å². The van der Waals surface area contributed by atoms with E-state index in [9.17, 15) is 32.7 Å². The molecular formula is C43H50N6O8S. The predicted octanol–water partition coefficient (Wildman–Crippen LogP) is 6.56. The van der Waals surface area contributed by atoms with Gasteiger partial charge in [0.2, 0.25) is 10.0 Å². The first kappa shape index (κ1) is 42.0. The van der Waals surface area contributed by atoms with Gasteiger partial charge < -0.3 is 25.7 Å². The van der Waals surface area contributed by atoms with Gasteiger partial charge in [0.15, 0.2) is 5.69 Å². The van der Waals surface area contributed by atoms with Gasteiger partial charge >= 0.3 is 11.9 Å². The minimum Gasteiger partial charge on any atom is -0.481 e. The number of piperidine rings is 1. The van der Waals surface area contributed by atoms with E-state index in [0.717, 1.165) is 43.5 Å². The van der Waals surface area contributed by atoms with Crippen LogP contribution in [0.15, 0.2) is 89.8 Å². The lowest BCUT2D eigenvalue weighted by Gasteiger charge is -2.34. The average molecular weight is 811 g/mol. The Labute approximate surface area is 338 Å². The number of sulfonamides is 1. The molecule has 306 valence electrons. The lowest BCUT2D eigenvalue weighted by atomic mass is 9.86. The Morgan fingerprint density at radius 1 is 0.776 bits per heavy atom. The van der Waals surface area contributed by atoms with Crippen molar-refractivity contribution in [1.82, 2.24) is 14.2 Å². The number of aromatic carboxylic acids is 1. The van der Waals surface area contributed by atoms with Gasteiger partial charge in [-0.05, 0) is 118 Å². The van der Waals surface area contributed by atoms with Crippen molar-refractivity contribution in [3.8, 4) is 0 Å². The number of benzene rings is 3. The van der Waals surface area contributed by atoms with Crippen LogP contribution in [0.5, 0.6) is 0 Å². The van der Waals surface area contributed by atoms with E-state index in [-0.39, 0.29) is 40.0 Å². The van der Waals surface area contributed by atoms with Crippen LogP contribution in [0.25, 0.3) is 0 Å². The molecule has 0 radical (unpaired) electrons. The van der Waals surface area contributed by atoms with Gasteiger partial charge in [-0.25, -0.2) is 18.2 Å². The van der Waals surface area contributed by atoms with Crippen LogP contribution < -0.4 is 15.5 Å². The molecule has 4 aromatic rings. The summed E-state index contributed by atoms with van der Waals surface area (Å²) in [5, 5.41) is 24.3. The molecule has 0 spiro atoms. The number of carbonyl (C=O) groups excluding carboxylic acids is 2. The highest BCUT2D eigenvalue weighted by Crippen LogP contribution is 2.32. The number of anilines is 3. The van der Waals surface area contributed by atoms with Gasteiger partial charge in [0.25, 0.3) is 11.8 Å². The second kappa shape index (κ2) is 18.7. The van der Waals surface area contributed by atoms with E-state index in [0.29, 0.717) is 50.3 Å². The third-order valence-corrected chi connectivity index (χ3v) is 12.8. The van der Waals surface area contributed by atoms with Gasteiger partial charge in [-0.2, -0.15) is 4.31 Å². The number of hydrogen-bond donors (Lipinski definition) is 4. The lowest BCUT2D eigenvalue weighted by molar-refractivity contribution is -0.143. The molecule has 1 aliphatic carbocycles. The predicted molar refractivity (Wildman–Crippen MR) is 221 cm³/mol. The zero-order valence-electron chi connectivity index (χ0n) is 32.8. The van der Waals surface area contributed by atoms with E-state index >= 15 is 0 Å². The van der Waals surface area contributed by atoms with Crippen molar-refractivity contribution in [3.63, 3.8) is 0 Å². The summed E-state index contributed by atoms with van der Waals surface area (Å²) in [6.45, 7) is 4.74. The molecule has 4 N–H and O–H groups in total. The maximum absolute atomic E-state index is 13.9. The number of carbonyl (C=O) groups is 4. The van der Waals surface area contributed by atoms with Crippen LogP contribution >= 0.6 is 0 Å². The van der Waals surface area contributed by atoms with Crippen molar-refractivity contribution in [2.75, 3.05) is 42.2 Å². The first-order chi connectivity index (χ1) is 27.8. The number of pyridine rings is 1. The van der Waals surface area contributed by atoms with Gasteiger partial charge in [0, 0.05) is 50.0 Å². The smallest absolute Gasteiger partial charge is 0.335 e. The van der Waals surface area contributed by atoms with E-state index < -0.39 is 39.7 Å². The van der Waals surface area contributed by atoms with Crippen molar-refractivity contribution in [2.24, 2.45) is 5.92 Å². The summed E-state index contributed by atoms with van der Waals surface area (Å²) in [6.07, 6.45) is 4.77. The molecule has 1 saturated heterocycles. The number of nitrogens with one attached hydrogen (secondary N) is 2.